The van der Waals surface area contributed by atoms with Crippen LogP contribution in [0.4, 0.5) is 0 Å². The lowest BCUT2D eigenvalue weighted by Gasteiger charge is -2.20. The Balaban J connectivity index is 4.64. The number of Topliss-reactive ketones (excluding diaryl/α,β-unsaturated/α-hetero) is 1. The second-order valence-corrected chi connectivity index (χ2v) is 2.51. The second-order valence-electron chi connectivity index (χ2n) is 2.51. The van der Waals surface area contributed by atoms with E-state index in [9.17, 15) is 9.90 Å². The number of rotatable bonds is 6. The first kappa shape index (κ1) is 12.8. The van der Waals surface area contributed by atoms with E-state index in [0.29, 0.717) is 0 Å². The predicted octanol–water partition coefficient (Wildman–Crippen LogP) is -2.06. The molecule has 0 bridgehead atoms. The molecule has 0 aromatic carbocycles. The highest BCUT2D eigenvalue weighted by Crippen LogP contribution is 2.06. The van der Waals surface area contributed by atoms with Gasteiger partial charge in [0.2, 0.25) is 0 Å². The number of azide groups is 1. The number of carbonyl (C=O) groups excluding carboxylic acids is 1. The van der Waals surface area contributed by atoms with Crippen LogP contribution in [0.5, 0.6) is 0 Å². The molecular formula is C6H11N3O5. The van der Waals surface area contributed by atoms with Gasteiger partial charge in [0.1, 0.15) is 18.8 Å². The van der Waals surface area contributed by atoms with E-state index in [2.05, 4.69) is 10.0 Å². The number of hydrogen-bond acceptors (Lipinski definition) is 6. The van der Waals surface area contributed by atoms with E-state index < -0.39 is 37.2 Å². The first-order chi connectivity index (χ1) is 6.58. The quantitative estimate of drug-likeness (QED) is 0.223. The molecule has 0 saturated heterocycles. The van der Waals surface area contributed by atoms with Gasteiger partial charge in [0.15, 0.2) is 5.78 Å². The van der Waals surface area contributed by atoms with E-state index in [-0.39, 0.29) is 0 Å². The summed E-state index contributed by atoms with van der Waals surface area (Å²) in [6.45, 7) is -1.70. The normalized spacial score (nSPS) is 16.6. The van der Waals surface area contributed by atoms with Crippen LogP contribution in [-0.2, 0) is 4.79 Å². The molecule has 0 aliphatic rings. The summed E-state index contributed by atoms with van der Waals surface area (Å²) in [5.41, 5.74) is 8.05. The number of carbonyl (C=O) groups is 1. The zero-order valence-electron chi connectivity index (χ0n) is 7.19. The maximum atomic E-state index is 10.9. The van der Waals surface area contributed by atoms with Gasteiger partial charge in [-0.05, 0) is 5.53 Å². The maximum Gasteiger partial charge on any atom is 0.169 e. The monoisotopic (exact) mass is 205 g/mol. The van der Waals surface area contributed by atoms with Crippen molar-refractivity contribution < 1.29 is 25.2 Å². The molecule has 80 valence electrons. The number of hydrogen-bond donors (Lipinski definition) is 4. The predicted molar refractivity (Wildman–Crippen MR) is 44.1 cm³/mol. The highest BCUT2D eigenvalue weighted by atomic mass is 16.4. The Kier molecular flexibility index (Phi) is 5.77. The SMILES string of the molecule is [N-]=[N+]=N[C@@H](C(=O)CO)[C@H](O)[C@H](O)CO. The molecule has 0 unspecified atom stereocenters. The highest BCUT2D eigenvalue weighted by Gasteiger charge is 2.30. The van der Waals surface area contributed by atoms with Crippen LogP contribution in [0.15, 0.2) is 5.11 Å². The maximum absolute atomic E-state index is 10.9. The van der Waals surface area contributed by atoms with E-state index in [0.717, 1.165) is 0 Å². The third kappa shape index (κ3) is 3.29. The molecule has 0 aliphatic carbocycles. The molecule has 14 heavy (non-hydrogen) atoms. The summed E-state index contributed by atoms with van der Waals surface area (Å²) < 4.78 is 0. The summed E-state index contributed by atoms with van der Waals surface area (Å²) in [6, 6.07) is -1.59. The third-order valence-electron chi connectivity index (χ3n) is 1.57. The Morgan fingerprint density at radius 3 is 2.36 bits per heavy atom. The Bertz CT molecular complexity index is 240. The van der Waals surface area contributed by atoms with Gasteiger partial charge >= 0.3 is 0 Å². The Morgan fingerprint density at radius 2 is 2.00 bits per heavy atom. The number of ketones is 1. The van der Waals surface area contributed by atoms with Gasteiger partial charge in [0, 0.05) is 4.91 Å². The molecule has 0 aromatic heterocycles. The molecule has 0 amide bonds. The van der Waals surface area contributed by atoms with Crippen LogP contribution in [0.1, 0.15) is 0 Å². The Hall–Kier alpha value is -1.18. The Labute approximate surface area is 79.0 Å². The summed E-state index contributed by atoms with van der Waals surface area (Å²) in [4.78, 5) is 13.2. The first-order valence-electron chi connectivity index (χ1n) is 3.73. The summed E-state index contributed by atoms with van der Waals surface area (Å²) in [5.74, 6) is -0.928. The number of nitrogens with zero attached hydrogens (tertiary/aromatic N) is 3. The lowest BCUT2D eigenvalue weighted by molar-refractivity contribution is -0.128. The van der Waals surface area contributed by atoms with Gasteiger partial charge in [-0.2, -0.15) is 0 Å². The van der Waals surface area contributed by atoms with Gasteiger partial charge in [0.25, 0.3) is 0 Å². The van der Waals surface area contributed by atoms with Gasteiger partial charge in [-0.1, -0.05) is 5.11 Å². The van der Waals surface area contributed by atoms with Crippen LogP contribution in [0.25, 0.3) is 10.4 Å². The van der Waals surface area contributed by atoms with Crippen LogP contribution < -0.4 is 0 Å². The van der Waals surface area contributed by atoms with Crippen LogP contribution >= 0.6 is 0 Å². The summed E-state index contributed by atoms with van der Waals surface area (Å²) in [5, 5.41) is 38.0. The molecule has 8 nitrogen and oxygen atoms in total. The van der Waals surface area contributed by atoms with Gasteiger partial charge in [-0.3, -0.25) is 4.79 Å². The molecule has 0 fully saturated rings. The molecule has 0 saturated carbocycles. The van der Waals surface area contributed by atoms with Crippen molar-refractivity contribution in [3.05, 3.63) is 10.4 Å². The number of aliphatic hydroxyl groups excluding tert-OH is 4. The van der Waals surface area contributed by atoms with Gasteiger partial charge < -0.3 is 20.4 Å². The van der Waals surface area contributed by atoms with Crippen molar-refractivity contribution in [2.45, 2.75) is 18.2 Å². The van der Waals surface area contributed by atoms with Gasteiger partial charge in [-0.25, -0.2) is 0 Å². The van der Waals surface area contributed by atoms with Crippen molar-refractivity contribution in [3.8, 4) is 0 Å². The molecule has 0 spiro atoms. The zero-order valence-corrected chi connectivity index (χ0v) is 7.19. The van der Waals surface area contributed by atoms with E-state index >= 15 is 0 Å². The standard InChI is InChI=1S/C6H11N3O5/c7-9-8-5(3(12)1-10)6(14)4(13)2-11/h4-6,10-11,13-14H,1-2H2/t4-,5+,6-/m1/s1. The fourth-order valence-electron chi connectivity index (χ4n) is 0.791. The Morgan fingerprint density at radius 1 is 1.43 bits per heavy atom. The first-order valence-corrected chi connectivity index (χ1v) is 3.73. The second kappa shape index (κ2) is 6.30. The number of aliphatic hydroxyl groups is 4. The largest absolute Gasteiger partial charge is 0.394 e. The van der Waals surface area contributed by atoms with E-state index in [1.165, 1.54) is 0 Å². The summed E-state index contributed by atoms with van der Waals surface area (Å²) in [7, 11) is 0. The molecule has 3 atom stereocenters. The fraction of sp³-hybridized carbons (Fsp3) is 0.833. The fourth-order valence-corrected chi connectivity index (χ4v) is 0.791. The van der Waals surface area contributed by atoms with Crippen molar-refractivity contribution in [2.24, 2.45) is 5.11 Å². The average Bonchev–Trinajstić information content (AvgIpc) is 2.22. The average molecular weight is 205 g/mol. The lowest BCUT2D eigenvalue weighted by Crippen LogP contribution is -2.43. The molecule has 0 radical (unpaired) electrons. The van der Waals surface area contributed by atoms with E-state index in [1.807, 2.05) is 0 Å². The summed E-state index contributed by atoms with van der Waals surface area (Å²) >= 11 is 0. The van der Waals surface area contributed by atoms with Crippen molar-refractivity contribution >= 4 is 5.78 Å². The molecule has 4 N–H and O–H groups in total. The van der Waals surface area contributed by atoms with Crippen molar-refractivity contribution in [2.75, 3.05) is 13.2 Å². The molecule has 0 aliphatic heterocycles. The van der Waals surface area contributed by atoms with Crippen molar-refractivity contribution in [3.63, 3.8) is 0 Å². The summed E-state index contributed by atoms with van der Waals surface area (Å²) in [6.07, 6.45) is -3.32. The van der Waals surface area contributed by atoms with Crippen LogP contribution in [-0.4, -0.2) is 57.7 Å². The van der Waals surface area contributed by atoms with Crippen molar-refractivity contribution in [1.29, 1.82) is 0 Å². The molecule has 8 heteroatoms. The lowest BCUT2D eigenvalue weighted by atomic mass is 10.0. The van der Waals surface area contributed by atoms with E-state index in [1.54, 1.807) is 0 Å². The molecular weight excluding hydrogens is 194 g/mol. The topological polar surface area (TPSA) is 147 Å². The molecule has 0 rings (SSSR count). The molecule has 0 heterocycles. The van der Waals surface area contributed by atoms with Crippen LogP contribution in [0, 0.1) is 0 Å². The highest BCUT2D eigenvalue weighted by molar-refractivity contribution is 5.85. The van der Waals surface area contributed by atoms with Crippen LogP contribution in [0.2, 0.25) is 0 Å². The van der Waals surface area contributed by atoms with Crippen molar-refractivity contribution in [1.82, 2.24) is 0 Å². The molecule has 0 aromatic rings. The van der Waals surface area contributed by atoms with Gasteiger partial charge in [0.05, 0.1) is 12.7 Å². The minimum atomic E-state index is -1.73. The zero-order chi connectivity index (χ0) is 11.1. The third-order valence-corrected chi connectivity index (χ3v) is 1.57. The van der Waals surface area contributed by atoms with Crippen LogP contribution in [0.3, 0.4) is 0 Å². The minimum Gasteiger partial charge on any atom is -0.394 e. The van der Waals surface area contributed by atoms with E-state index in [4.69, 9.17) is 20.9 Å². The van der Waals surface area contributed by atoms with Gasteiger partial charge in [-0.15, -0.1) is 0 Å². The minimum absolute atomic E-state index is 0.780. The smallest absolute Gasteiger partial charge is 0.169 e.